The highest BCUT2D eigenvalue weighted by Gasteiger charge is 2.08. The topological polar surface area (TPSA) is 49.3 Å². The molecule has 0 saturated carbocycles. The molecular weight excluding hydrogens is 352 g/mol. The zero-order chi connectivity index (χ0) is 17.5. The first kappa shape index (κ1) is 17.1. The van der Waals surface area contributed by atoms with Gasteiger partial charge in [-0.05, 0) is 36.5 Å². The lowest BCUT2D eigenvalue weighted by atomic mass is 10.1. The van der Waals surface area contributed by atoms with Crippen LogP contribution in [0.3, 0.4) is 0 Å². The Hall–Kier alpha value is -2.76. The second kappa shape index (κ2) is 8.37. The van der Waals surface area contributed by atoms with Crippen molar-refractivity contribution in [3.8, 4) is 0 Å². The zero-order valence-electron chi connectivity index (χ0n) is 13.2. The fourth-order valence-electron chi connectivity index (χ4n) is 2.19. The summed E-state index contributed by atoms with van der Waals surface area (Å²) in [5.74, 6) is 0. The van der Waals surface area contributed by atoms with Crippen LogP contribution in [0.15, 0.2) is 84.1 Å². The second-order valence-electron chi connectivity index (χ2n) is 5.09. The third-order valence-electron chi connectivity index (χ3n) is 3.35. The van der Waals surface area contributed by atoms with Gasteiger partial charge in [0.1, 0.15) is 5.71 Å². The van der Waals surface area contributed by atoms with Crippen LogP contribution in [0.25, 0.3) is 0 Å². The highest BCUT2D eigenvalue weighted by Crippen LogP contribution is 2.20. The molecule has 2 aromatic carbocycles. The van der Waals surface area contributed by atoms with Crippen molar-refractivity contribution in [2.24, 2.45) is 5.10 Å². The van der Waals surface area contributed by atoms with Gasteiger partial charge < -0.3 is 5.32 Å². The van der Waals surface area contributed by atoms with Crippen molar-refractivity contribution >= 4 is 40.3 Å². The number of rotatable bonds is 4. The Morgan fingerprint density at radius 1 is 0.920 bits per heavy atom. The lowest BCUT2D eigenvalue weighted by molar-refractivity contribution is 1.04. The number of benzene rings is 2. The lowest BCUT2D eigenvalue weighted by Gasteiger charge is -2.11. The lowest BCUT2D eigenvalue weighted by Crippen LogP contribution is -2.26. The molecule has 0 aliphatic rings. The predicted octanol–water partition coefficient (Wildman–Crippen LogP) is 4.47. The van der Waals surface area contributed by atoms with E-state index >= 15 is 0 Å². The summed E-state index contributed by atoms with van der Waals surface area (Å²) in [5, 5.41) is 8.41. The number of aromatic nitrogens is 1. The molecule has 124 valence electrons. The molecule has 6 heteroatoms. The van der Waals surface area contributed by atoms with Crippen molar-refractivity contribution in [2.45, 2.75) is 0 Å². The Morgan fingerprint density at radius 2 is 1.64 bits per heavy atom. The summed E-state index contributed by atoms with van der Waals surface area (Å²) in [7, 11) is 0. The molecule has 0 saturated heterocycles. The summed E-state index contributed by atoms with van der Waals surface area (Å²) in [4.78, 5) is 4.38. The molecule has 0 radical (unpaired) electrons. The van der Waals surface area contributed by atoms with E-state index in [1.807, 2.05) is 66.7 Å². The average Bonchev–Trinajstić information content (AvgIpc) is 2.66. The van der Waals surface area contributed by atoms with Crippen LogP contribution in [0.5, 0.6) is 0 Å². The molecule has 3 rings (SSSR count). The maximum absolute atomic E-state index is 6.13. The van der Waals surface area contributed by atoms with Crippen LogP contribution in [0.4, 0.5) is 5.69 Å². The van der Waals surface area contributed by atoms with Gasteiger partial charge in [0.15, 0.2) is 5.11 Å². The summed E-state index contributed by atoms with van der Waals surface area (Å²) in [5.41, 5.74) is 5.97. The Balaban J connectivity index is 1.82. The molecule has 0 unspecified atom stereocenters. The van der Waals surface area contributed by atoms with E-state index in [-0.39, 0.29) is 0 Å². The minimum atomic E-state index is 0.345. The molecule has 0 amide bonds. The van der Waals surface area contributed by atoms with E-state index in [1.165, 1.54) is 0 Å². The number of anilines is 1. The smallest absolute Gasteiger partial charge is 0.191 e. The van der Waals surface area contributed by atoms with Crippen LogP contribution >= 0.6 is 23.8 Å². The number of hydrogen-bond acceptors (Lipinski definition) is 3. The molecule has 0 atom stereocenters. The molecule has 1 heterocycles. The van der Waals surface area contributed by atoms with Gasteiger partial charge in [-0.15, -0.1) is 0 Å². The number of nitrogens with one attached hydrogen (secondary N) is 2. The molecular formula is C19H15ClN4S. The third kappa shape index (κ3) is 4.62. The summed E-state index contributed by atoms with van der Waals surface area (Å²) in [6.07, 6.45) is 1.73. The van der Waals surface area contributed by atoms with Crippen molar-refractivity contribution in [1.29, 1.82) is 0 Å². The number of hydrogen-bond donors (Lipinski definition) is 2. The van der Waals surface area contributed by atoms with Crippen molar-refractivity contribution in [2.75, 3.05) is 5.32 Å². The van der Waals surface area contributed by atoms with Crippen molar-refractivity contribution < 1.29 is 0 Å². The zero-order valence-corrected chi connectivity index (χ0v) is 14.8. The van der Waals surface area contributed by atoms with Gasteiger partial charge in [0, 0.05) is 11.8 Å². The Bertz CT molecular complexity index is 841. The first-order chi connectivity index (χ1) is 12.2. The minimum absolute atomic E-state index is 0.345. The van der Waals surface area contributed by atoms with E-state index < -0.39 is 0 Å². The summed E-state index contributed by atoms with van der Waals surface area (Å²) >= 11 is 11.4. The van der Waals surface area contributed by atoms with Crippen LogP contribution in [0, 0.1) is 0 Å². The Labute approximate surface area is 156 Å². The highest BCUT2D eigenvalue weighted by atomic mass is 35.5. The van der Waals surface area contributed by atoms with Crippen molar-refractivity contribution in [1.82, 2.24) is 10.4 Å². The molecule has 1 aromatic heterocycles. The maximum atomic E-state index is 6.13. The van der Waals surface area contributed by atoms with E-state index in [4.69, 9.17) is 23.8 Å². The quantitative estimate of drug-likeness (QED) is 0.406. The van der Waals surface area contributed by atoms with Crippen molar-refractivity contribution in [3.63, 3.8) is 0 Å². The Morgan fingerprint density at radius 3 is 2.36 bits per heavy atom. The first-order valence-electron chi connectivity index (χ1n) is 7.60. The summed E-state index contributed by atoms with van der Waals surface area (Å²) in [6, 6.07) is 22.9. The fraction of sp³-hybridized carbons (Fsp3) is 0. The average molecular weight is 367 g/mol. The van der Waals surface area contributed by atoms with E-state index in [9.17, 15) is 0 Å². The van der Waals surface area contributed by atoms with Gasteiger partial charge in [-0.2, -0.15) is 5.10 Å². The number of halogens is 1. The number of nitrogens with zero attached hydrogens (tertiary/aromatic N) is 2. The number of hydrazone groups is 1. The first-order valence-corrected chi connectivity index (χ1v) is 8.39. The van der Waals surface area contributed by atoms with Gasteiger partial charge in [0.2, 0.25) is 0 Å². The predicted molar refractivity (Wildman–Crippen MR) is 107 cm³/mol. The van der Waals surface area contributed by atoms with Crippen LogP contribution in [0.1, 0.15) is 11.3 Å². The van der Waals surface area contributed by atoms with Crippen LogP contribution in [-0.4, -0.2) is 15.8 Å². The summed E-state index contributed by atoms with van der Waals surface area (Å²) in [6.45, 7) is 0. The highest BCUT2D eigenvalue weighted by molar-refractivity contribution is 7.80. The standard InChI is InChI=1S/C19H15ClN4S/c20-15-10-4-5-11-16(15)22-19(25)24-23-18(14-8-2-1-3-9-14)17-12-6-7-13-21-17/h1-13H,(H2,22,24,25)/b23-18-. The molecule has 3 aromatic rings. The molecule has 4 nitrogen and oxygen atoms in total. The molecule has 0 bridgehead atoms. The monoisotopic (exact) mass is 366 g/mol. The van der Waals surface area contributed by atoms with E-state index in [0.29, 0.717) is 15.8 Å². The molecule has 0 fully saturated rings. The summed E-state index contributed by atoms with van der Waals surface area (Å²) < 4.78 is 0. The van der Waals surface area contributed by atoms with E-state index in [2.05, 4.69) is 20.8 Å². The van der Waals surface area contributed by atoms with Crippen LogP contribution in [0.2, 0.25) is 5.02 Å². The van der Waals surface area contributed by atoms with Crippen LogP contribution in [-0.2, 0) is 0 Å². The van der Waals surface area contributed by atoms with E-state index in [0.717, 1.165) is 16.9 Å². The normalized spacial score (nSPS) is 11.0. The van der Waals surface area contributed by atoms with Gasteiger partial charge in [-0.1, -0.05) is 60.1 Å². The van der Waals surface area contributed by atoms with Gasteiger partial charge in [0.05, 0.1) is 16.4 Å². The van der Waals surface area contributed by atoms with Gasteiger partial charge in [-0.25, -0.2) is 0 Å². The second-order valence-corrected chi connectivity index (χ2v) is 5.90. The molecule has 2 N–H and O–H groups in total. The van der Waals surface area contributed by atoms with Crippen LogP contribution < -0.4 is 10.7 Å². The SMILES string of the molecule is S=C(N/N=C(/c1ccccc1)c1ccccn1)Nc1ccccc1Cl. The number of thiocarbonyl (C=S) groups is 1. The largest absolute Gasteiger partial charge is 0.330 e. The minimum Gasteiger partial charge on any atom is -0.330 e. The third-order valence-corrected chi connectivity index (χ3v) is 3.87. The van der Waals surface area contributed by atoms with E-state index in [1.54, 1.807) is 12.3 Å². The number of pyridine rings is 1. The van der Waals surface area contributed by atoms with Gasteiger partial charge >= 0.3 is 0 Å². The van der Waals surface area contributed by atoms with Gasteiger partial charge in [-0.3, -0.25) is 10.4 Å². The Kier molecular flexibility index (Phi) is 5.72. The molecule has 25 heavy (non-hydrogen) atoms. The molecule has 0 spiro atoms. The van der Waals surface area contributed by atoms with Gasteiger partial charge in [0.25, 0.3) is 0 Å². The fourth-order valence-corrected chi connectivity index (χ4v) is 2.53. The van der Waals surface area contributed by atoms with Crippen molar-refractivity contribution in [3.05, 3.63) is 95.3 Å². The number of para-hydroxylation sites is 1. The molecule has 0 aliphatic carbocycles. The maximum Gasteiger partial charge on any atom is 0.191 e. The molecule has 0 aliphatic heterocycles.